The average Bonchev–Trinajstić information content (AvgIpc) is 2.36. The lowest BCUT2D eigenvalue weighted by Crippen LogP contribution is -2.45. The molecule has 0 saturated carbocycles. The summed E-state index contributed by atoms with van der Waals surface area (Å²) in [5, 5.41) is 8.95. The van der Waals surface area contributed by atoms with E-state index in [1.165, 1.54) is 0 Å². The number of ether oxygens (including phenoxy) is 1. The van der Waals surface area contributed by atoms with Gasteiger partial charge in [0.25, 0.3) is 0 Å². The molecule has 1 amide bonds. The highest BCUT2D eigenvalue weighted by Crippen LogP contribution is 2.21. The minimum atomic E-state index is -0.915. The molecule has 1 fully saturated rings. The second-order valence-corrected chi connectivity index (χ2v) is 5.16. The Hall–Kier alpha value is -1.10. The molecule has 0 aromatic heterocycles. The van der Waals surface area contributed by atoms with Crippen LogP contribution in [0.5, 0.6) is 0 Å². The standard InChI is InChI=1S/C13H23NO4/c1-9(10(2)13(16)17)12(15)14-6-4-5-11(7-14)8-18-3/h9-11H,4-8H2,1-3H3,(H,16,17). The molecule has 0 bridgehead atoms. The van der Waals surface area contributed by atoms with Crippen molar-refractivity contribution < 1.29 is 19.4 Å². The first-order valence-corrected chi connectivity index (χ1v) is 6.47. The Balaban J connectivity index is 2.57. The van der Waals surface area contributed by atoms with E-state index in [0.717, 1.165) is 19.4 Å². The van der Waals surface area contributed by atoms with Gasteiger partial charge >= 0.3 is 5.97 Å². The van der Waals surface area contributed by atoms with Gasteiger partial charge in [-0.05, 0) is 18.8 Å². The van der Waals surface area contributed by atoms with E-state index in [1.807, 2.05) is 0 Å². The van der Waals surface area contributed by atoms with Crippen LogP contribution in [0.4, 0.5) is 0 Å². The Labute approximate surface area is 108 Å². The normalized spacial score (nSPS) is 23.5. The SMILES string of the molecule is COCC1CCCN(C(=O)C(C)C(C)C(=O)O)C1. The summed E-state index contributed by atoms with van der Waals surface area (Å²) in [5.74, 6) is -1.70. The van der Waals surface area contributed by atoms with Gasteiger partial charge in [-0.2, -0.15) is 0 Å². The second kappa shape index (κ2) is 6.73. The Bertz CT molecular complexity index is 303. The van der Waals surface area contributed by atoms with Crippen molar-refractivity contribution in [3.63, 3.8) is 0 Å². The maximum Gasteiger partial charge on any atom is 0.307 e. The molecule has 0 aromatic carbocycles. The number of methoxy groups -OCH3 is 1. The average molecular weight is 257 g/mol. The van der Waals surface area contributed by atoms with E-state index >= 15 is 0 Å². The molecule has 18 heavy (non-hydrogen) atoms. The van der Waals surface area contributed by atoms with Gasteiger partial charge in [0.15, 0.2) is 0 Å². The number of hydrogen-bond acceptors (Lipinski definition) is 3. The molecule has 0 spiro atoms. The van der Waals surface area contributed by atoms with E-state index in [-0.39, 0.29) is 5.91 Å². The molecule has 0 radical (unpaired) electrons. The molecule has 1 saturated heterocycles. The molecule has 3 atom stereocenters. The lowest BCUT2D eigenvalue weighted by molar-refractivity contribution is -0.150. The van der Waals surface area contributed by atoms with Gasteiger partial charge in [-0.25, -0.2) is 0 Å². The molecule has 1 N–H and O–H groups in total. The summed E-state index contributed by atoms with van der Waals surface area (Å²) in [6.07, 6.45) is 2.04. The van der Waals surface area contributed by atoms with E-state index in [0.29, 0.717) is 19.1 Å². The number of carboxylic acids is 1. The van der Waals surface area contributed by atoms with E-state index in [9.17, 15) is 9.59 Å². The number of amides is 1. The fraction of sp³-hybridized carbons (Fsp3) is 0.846. The summed E-state index contributed by atoms with van der Waals surface area (Å²) in [6, 6.07) is 0. The topological polar surface area (TPSA) is 66.8 Å². The van der Waals surface area contributed by atoms with Crippen LogP contribution in [0.3, 0.4) is 0 Å². The number of carbonyl (C=O) groups excluding carboxylic acids is 1. The fourth-order valence-corrected chi connectivity index (χ4v) is 2.35. The minimum absolute atomic E-state index is 0.0503. The lowest BCUT2D eigenvalue weighted by Gasteiger charge is -2.34. The van der Waals surface area contributed by atoms with Crippen LogP contribution in [-0.2, 0) is 14.3 Å². The molecule has 1 aliphatic heterocycles. The van der Waals surface area contributed by atoms with Crippen molar-refractivity contribution in [3.05, 3.63) is 0 Å². The van der Waals surface area contributed by atoms with Crippen molar-refractivity contribution in [1.29, 1.82) is 0 Å². The number of nitrogens with zero attached hydrogens (tertiary/aromatic N) is 1. The first-order chi connectivity index (χ1) is 8.47. The van der Waals surface area contributed by atoms with Gasteiger partial charge in [0.1, 0.15) is 0 Å². The van der Waals surface area contributed by atoms with Crippen LogP contribution in [0, 0.1) is 17.8 Å². The molecular formula is C13H23NO4. The maximum atomic E-state index is 12.2. The number of rotatable bonds is 5. The zero-order chi connectivity index (χ0) is 13.7. The quantitative estimate of drug-likeness (QED) is 0.804. The van der Waals surface area contributed by atoms with Gasteiger partial charge in [-0.3, -0.25) is 9.59 Å². The van der Waals surface area contributed by atoms with Gasteiger partial charge in [0.2, 0.25) is 5.91 Å². The summed E-state index contributed by atoms with van der Waals surface area (Å²) >= 11 is 0. The van der Waals surface area contributed by atoms with Gasteiger partial charge < -0.3 is 14.7 Å². The number of likely N-dealkylation sites (tertiary alicyclic amines) is 1. The Morgan fingerprint density at radius 3 is 2.61 bits per heavy atom. The molecular weight excluding hydrogens is 234 g/mol. The smallest absolute Gasteiger partial charge is 0.307 e. The summed E-state index contributed by atoms with van der Waals surface area (Å²) in [7, 11) is 1.66. The summed E-state index contributed by atoms with van der Waals surface area (Å²) in [6.45, 7) is 5.36. The molecule has 0 aliphatic carbocycles. The van der Waals surface area contributed by atoms with Crippen LogP contribution >= 0.6 is 0 Å². The number of aliphatic carboxylic acids is 1. The van der Waals surface area contributed by atoms with E-state index in [2.05, 4.69) is 0 Å². The third-order valence-electron chi connectivity index (χ3n) is 3.76. The summed E-state index contributed by atoms with van der Waals surface area (Å²) in [4.78, 5) is 24.9. The highest BCUT2D eigenvalue weighted by molar-refractivity contribution is 5.84. The van der Waals surface area contributed by atoms with Gasteiger partial charge in [-0.1, -0.05) is 13.8 Å². The number of hydrogen-bond donors (Lipinski definition) is 1. The maximum absolute atomic E-state index is 12.2. The third kappa shape index (κ3) is 3.70. The molecule has 5 heteroatoms. The minimum Gasteiger partial charge on any atom is -0.481 e. The van der Waals surface area contributed by atoms with Gasteiger partial charge in [-0.15, -0.1) is 0 Å². The van der Waals surface area contributed by atoms with Crippen LogP contribution in [0.15, 0.2) is 0 Å². The van der Waals surface area contributed by atoms with Gasteiger partial charge in [0, 0.05) is 26.1 Å². The first-order valence-electron chi connectivity index (χ1n) is 6.47. The molecule has 5 nitrogen and oxygen atoms in total. The predicted octanol–water partition coefficient (Wildman–Crippen LogP) is 1.23. The molecule has 1 heterocycles. The first kappa shape index (κ1) is 15.0. The molecule has 104 valence electrons. The van der Waals surface area contributed by atoms with Crippen LogP contribution in [0.2, 0.25) is 0 Å². The molecule has 3 unspecified atom stereocenters. The third-order valence-corrected chi connectivity index (χ3v) is 3.76. The van der Waals surface area contributed by atoms with Gasteiger partial charge in [0.05, 0.1) is 12.5 Å². The number of piperidine rings is 1. The van der Waals surface area contributed by atoms with E-state index < -0.39 is 17.8 Å². The molecule has 1 rings (SSSR count). The van der Waals surface area contributed by atoms with Crippen molar-refractivity contribution >= 4 is 11.9 Å². The highest BCUT2D eigenvalue weighted by atomic mass is 16.5. The Morgan fingerprint density at radius 2 is 2.06 bits per heavy atom. The van der Waals surface area contributed by atoms with Crippen LogP contribution in [0.25, 0.3) is 0 Å². The van der Waals surface area contributed by atoms with E-state index in [4.69, 9.17) is 9.84 Å². The Kier molecular flexibility index (Phi) is 5.59. The van der Waals surface area contributed by atoms with Crippen molar-refractivity contribution in [1.82, 2.24) is 4.90 Å². The monoisotopic (exact) mass is 257 g/mol. The van der Waals surface area contributed by atoms with Crippen LogP contribution < -0.4 is 0 Å². The second-order valence-electron chi connectivity index (χ2n) is 5.16. The summed E-state index contributed by atoms with van der Waals surface area (Å²) < 4.78 is 5.12. The predicted molar refractivity (Wildman–Crippen MR) is 67.1 cm³/mol. The van der Waals surface area contributed by atoms with Crippen molar-refractivity contribution in [2.45, 2.75) is 26.7 Å². The number of carbonyl (C=O) groups is 2. The molecule has 0 aromatic rings. The summed E-state index contributed by atoms with van der Waals surface area (Å²) in [5.41, 5.74) is 0. The van der Waals surface area contributed by atoms with Crippen molar-refractivity contribution in [2.24, 2.45) is 17.8 Å². The lowest BCUT2D eigenvalue weighted by atomic mass is 9.92. The highest BCUT2D eigenvalue weighted by Gasteiger charge is 2.31. The Morgan fingerprint density at radius 1 is 1.39 bits per heavy atom. The van der Waals surface area contributed by atoms with Crippen LogP contribution in [-0.4, -0.2) is 48.7 Å². The van der Waals surface area contributed by atoms with Crippen molar-refractivity contribution in [2.75, 3.05) is 26.8 Å². The zero-order valence-corrected chi connectivity index (χ0v) is 11.4. The largest absolute Gasteiger partial charge is 0.481 e. The van der Waals surface area contributed by atoms with Crippen LogP contribution in [0.1, 0.15) is 26.7 Å². The van der Waals surface area contributed by atoms with Crippen molar-refractivity contribution in [3.8, 4) is 0 Å². The number of carboxylic acid groups (broad SMARTS) is 1. The zero-order valence-electron chi connectivity index (χ0n) is 11.4. The van der Waals surface area contributed by atoms with E-state index in [1.54, 1.807) is 25.9 Å². The molecule has 1 aliphatic rings. The fourth-order valence-electron chi connectivity index (χ4n) is 2.35.